The molecule has 2 amide bonds. The van der Waals surface area contributed by atoms with E-state index in [1.54, 1.807) is 6.20 Å². The molecule has 2 N–H and O–H groups in total. The van der Waals surface area contributed by atoms with E-state index in [2.05, 4.69) is 14.9 Å². The molecule has 3 heterocycles. The van der Waals surface area contributed by atoms with E-state index in [4.69, 9.17) is 5.73 Å². The molecule has 2 aromatic rings. The number of aromatic nitrogens is 2. The van der Waals surface area contributed by atoms with Crippen LogP contribution in [-0.2, 0) is 15.0 Å². The predicted molar refractivity (Wildman–Crippen MR) is 98.0 cm³/mol. The third kappa shape index (κ3) is 2.34. The van der Waals surface area contributed by atoms with E-state index in [0.717, 1.165) is 28.5 Å². The van der Waals surface area contributed by atoms with Gasteiger partial charge in [-0.1, -0.05) is 18.2 Å². The minimum atomic E-state index is -0.663. The number of benzene rings is 1. The normalized spacial score (nSPS) is 21.5. The van der Waals surface area contributed by atoms with Crippen molar-refractivity contribution in [2.45, 2.75) is 25.7 Å². The van der Waals surface area contributed by atoms with E-state index in [1.165, 1.54) is 4.90 Å². The van der Waals surface area contributed by atoms with Gasteiger partial charge in [-0.2, -0.15) is 0 Å². The molecule has 0 radical (unpaired) electrons. The maximum Gasteiger partial charge on any atom is 0.240 e. The third-order valence-corrected chi connectivity index (χ3v) is 5.30. The largest absolute Gasteiger partial charge is 0.368 e. The molecule has 1 saturated heterocycles. The molecule has 0 bridgehead atoms. The number of carbonyl (C=O) groups excluding carboxylic acids is 2. The Morgan fingerprint density at radius 2 is 2.08 bits per heavy atom. The molecule has 0 aliphatic carbocycles. The average molecular weight is 351 g/mol. The van der Waals surface area contributed by atoms with Crippen LogP contribution < -0.4 is 15.5 Å². The van der Waals surface area contributed by atoms with Crippen LogP contribution in [0, 0.1) is 13.8 Å². The summed E-state index contributed by atoms with van der Waals surface area (Å²) in [5.41, 5.74) is 8.15. The zero-order valence-electron chi connectivity index (χ0n) is 14.9. The van der Waals surface area contributed by atoms with Crippen LogP contribution in [0.1, 0.15) is 23.4 Å². The lowest BCUT2D eigenvalue weighted by molar-refractivity contribution is -0.124. The Morgan fingerprint density at radius 1 is 1.31 bits per heavy atom. The van der Waals surface area contributed by atoms with E-state index >= 15 is 0 Å². The standard InChI is InChI=1S/C19H21N5O2/c1-12-9-21-13(2)17(22-12)23-8-7-19(11-23)14-5-3-4-6-15(14)24(18(19)26)10-16(20)25/h3-6,9H,7-8,10-11H2,1-2H3,(H2,20,25). The lowest BCUT2D eigenvalue weighted by atomic mass is 9.81. The molecule has 1 unspecified atom stereocenters. The van der Waals surface area contributed by atoms with Crippen LogP contribution >= 0.6 is 0 Å². The Hall–Kier alpha value is -2.96. The van der Waals surface area contributed by atoms with Crippen molar-refractivity contribution in [2.75, 3.05) is 29.4 Å². The summed E-state index contributed by atoms with van der Waals surface area (Å²) in [6, 6.07) is 7.67. The highest BCUT2D eigenvalue weighted by molar-refractivity contribution is 6.11. The van der Waals surface area contributed by atoms with E-state index in [1.807, 2.05) is 38.1 Å². The van der Waals surface area contributed by atoms with Gasteiger partial charge >= 0.3 is 0 Å². The lowest BCUT2D eigenvalue weighted by Gasteiger charge is -2.25. The summed E-state index contributed by atoms with van der Waals surface area (Å²) in [5, 5.41) is 0. The van der Waals surface area contributed by atoms with Crippen LogP contribution in [0.3, 0.4) is 0 Å². The van der Waals surface area contributed by atoms with Crippen molar-refractivity contribution in [1.82, 2.24) is 9.97 Å². The number of hydrogen-bond donors (Lipinski definition) is 1. The Labute approximate surface area is 151 Å². The summed E-state index contributed by atoms with van der Waals surface area (Å²) in [5.74, 6) is 0.249. The Morgan fingerprint density at radius 3 is 2.85 bits per heavy atom. The molecule has 1 aromatic carbocycles. The maximum atomic E-state index is 13.3. The predicted octanol–water partition coefficient (Wildman–Crippen LogP) is 1.07. The number of para-hydroxylation sites is 1. The molecule has 1 fully saturated rings. The zero-order chi connectivity index (χ0) is 18.5. The van der Waals surface area contributed by atoms with Gasteiger partial charge in [-0.25, -0.2) is 4.98 Å². The van der Waals surface area contributed by atoms with Crippen molar-refractivity contribution in [1.29, 1.82) is 0 Å². The number of hydrogen-bond acceptors (Lipinski definition) is 5. The van der Waals surface area contributed by atoms with E-state index < -0.39 is 11.3 Å². The van der Waals surface area contributed by atoms with Crippen LogP contribution in [0.15, 0.2) is 30.5 Å². The molecular weight excluding hydrogens is 330 g/mol. The fourth-order valence-corrected chi connectivity index (χ4v) is 4.12. The minimum Gasteiger partial charge on any atom is -0.368 e. The first-order valence-electron chi connectivity index (χ1n) is 8.67. The number of aryl methyl sites for hydroxylation is 2. The van der Waals surface area contributed by atoms with Crippen molar-refractivity contribution in [3.05, 3.63) is 47.4 Å². The molecule has 0 saturated carbocycles. The van der Waals surface area contributed by atoms with Gasteiger partial charge in [-0.05, 0) is 31.9 Å². The number of nitrogens with two attached hydrogens (primary N) is 1. The number of fused-ring (bicyclic) bond motifs is 2. The van der Waals surface area contributed by atoms with E-state index in [9.17, 15) is 9.59 Å². The van der Waals surface area contributed by atoms with Gasteiger partial charge in [0, 0.05) is 25.0 Å². The second kappa shape index (κ2) is 5.79. The Kier molecular flexibility index (Phi) is 3.68. The summed E-state index contributed by atoms with van der Waals surface area (Å²) < 4.78 is 0. The van der Waals surface area contributed by atoms with Crippen LogP contribution in [0.25, 0.3) is 0 Å². The summed E-state index contributed by atoms with van der Waals surface area (Å²) in [6.07, 6.45) is 2.42. The van der Waals surface area contributed by atoms with Crippen LogP contribution in [0.4, 0.5) is 11.5 Å². The minimum absolute atomic E-state index is 0.0572. The summed E-state index contributed by atoms with van der Waals surface area (Å²) in [7, 11) is 0. The molecule has 1 aromatic heterocycles. The molecule has 134 valence electrons. The SMILES string of the molecule is Cc1cnc(C)c(N2CCC3(C2)C(=O)N(CC(N)=O)c2ccccc23)n1. The average Bonchev–Trinajstić information content (AvgIpc) is 3.15. The van der Waals surface area contributed by atoms with Gasteiger partial charge < -0.3 is 15.5 Å². The molecule has 4 rings (SSSR count). The van der Waals surface area contributed by atoms with Gasteiger partial charge in [0.2, 0.25) is 11.8 Å². The quantitative estimate of drug-likeness (QED) is 0.893. The number of primary amides is 1. The highest BCUT2D eigenvalue weighted by Gasteiger charge is 2.54. The molecule has 1 spiro atoms. The third-order valence-electron chi connectivity index (χ3n) is 5.30. The van der Waals surface area contributed by atoms with Crippen molar-refractivity contribution in [2.24, 2.45) is 5.73 Å². The van der Waals surface area contributed by atoms with Crippen molar-refractivity contribution in [3.8, 4) is 0 Å². The van der Waals surface area contributed by atoms with Gasteiger partial charge in [0.05, 0.1) is 16.8 Å². The van der Waals surface area contributed by atoms with Gasteiger partial charge in [-0.3, -0.25) is 14.6 Å². The number of anilines is 2. The number of amides is 2. The highest BCUT2D eigenvalue weighted by atomic mass is 16.2. The second-order valence-corrected chi connectivity index (χ2v) is 7.05. The topological polar surface area (TPSA) is 92.4 Å². The molecule has 7 nitrogen and oxygen atoms in total. The maximum absolute atomic E-state index is 13.3. The summed E-state index contributed by atoms with van der Waals surface area (Å²) in [6.45, 7) is 4.98. The monoisotopic (exact) mass is 351 g/mol. The molecule has 1 atom stereocenters. The van der Waals surface area contributed by atoms with Crippen LogP contribution in [0.5, 0.6) is 0 Å². The van der Waals surface area contributed by atoms with Gasteiger partial charge in [0.1, 0.15) is 12.4 Å². The smallest absolute Gasteiger partial charge is 0.240 e. The van der Waals surface area contributed by atoms with E-state index in [-0.39, 0.29) is 12.5 Å². The molecule has 2 aliphatic rings. The Balaban J connectivity index is 1.74. The van der Waals surface area contributed by atoms with E-state index in [0.29, 0.717) is 19.5 Å². The Bertz CT molecular complexity index is 913. The molecule has 2 aliphatic heterocycles. The fourth-order valence-electron chi connectivity index (χ4n) is 4.12. The number of rotatable bonds is 3. The van der Waals surface area contributed by atoms with Crippen molar-refractivity contribution < 1.29 is 9.59 Å². The van der Waals surface area contributed by atoms with Crippen LogP contribution in [-0.4, -0.2) is 41.4 Å². The van der Waals surface area contributed by atoms with Gasteiger partial charge in [-0.15, -0.1) is 0 Å². The summed E-state index contributed by atoms with van der Waals surface area (Å²) >= 11 is 0. The molecular formula is C19H21N5O2. The number of carbonyl (C=O) groups is 2. The van der Waals surface area contributed by atoms with Gasteiger partial charge in [0.25, 0.3) is 0 Å². The van der Waals surface area contributed by atoms with Gasteiger partial charge in [0.15, 0.2) is 0 Å². The molecule has 7 heteroatoms. The van der Waals surface area contributed by atoms with Crippen molar-refractivity contribution >= 4 is 23.3 Å². The first kappa shape index (κ1) is 16.5. The second-order valence-electron chi connectivity index (χ2n) is 7.05. The highest BCUT2D eigenvalue weighted by Crippen LogP contribution is 2.47. The lowest BCUT2D eigenvalue weighted by Crippen LogP contribution is -2.45. The molecule has 26 heavy (non-hydrogen) atoms. The fraction of sp³-hybridized carbons (Fsp3) is 0.368. The number of nitrogens with zero attached hydrogens (tertiary/aromatic N) is 4. The first-order valence-corrected chi connectivity index (χ1v) is 8.67. The zero-order valence-corrected chi connectivity index (χ0v) is 14.9. The van der Waals surface area contributed by atoms with Crippen LogP contribution in [0.2, 0.25) is 0 Å². The first-order chi connectivity index (χ1) is 12.4. The summed E-state index contributed by atoms with van der Waals surface area (Å²) in [4.78, 5) is 37.5. The van der Waals surface area contributed by atoms with Crippen molar-refractivity contribution in [3.63, 3.8) is 0 Å².